The SMILES string of the molecule is O=S(=O)(NCC1C2CCC1CC2)C(F)(F)F. The van der Waals surface area contributed by atoms with Crippen LogP contribution in [0.4, 0.5) is 13.2 Å². The Bertz CT molecular complexity index is 345. The van der Waals surface area contributed by atoms with E-state index in [-0.39, 0.29) is 12.5 Å². The zero-order valence-corrected chi connectivity index (χ0v) is 9.44. The van der Waals surface area contributed by atoms with Gasteiger partial charge in [0, 0.05) is 6.54 Å². The quantitative estimate of drug-likeness (QED) is 0.838. The second-order valence-electron chi connectivity index (χ2n) is 4.64. The van der Waals surface area contributed by atoms with Crippen molar-refractivity contribution in [3.8, 4) is 0 Å². The summed E-state index contributed by atoms with van der Waals surface area (Å²) < 4.78 is 59.5. The minimum atomic E-state index is -5.19. The summed E-state index contributed by atoms with van der Waals surface area (Å²) >= 11 is 0. The molecule has 0 amide bonds. The Morgan fingerprint density at radius 2 is 1.50 bits per heavy atom. The highest BCUT2D eigenvalue weighted by atomic mass is 32.2. The van der Waals surface area contributed by atoms with Crippen LogP contribution in [0.15, 0.2) is 0 Å². The molecule has 0 spiro atoms. The number of hydrogen-bond donors (Lipinski definition) is 1. The zero-order valence-electron chi connectivity index (χ0n) is 8.63. The molecule has 1 N–H and O–H groups in total. The fourth-order valence-corrected chi connectivity index (χ4v) is 3.58. The fourth-order valence-electron chi connectivity index (χ4n) is 3.01. The van der Waals surface area contributed by atoms with Gasteiger partial charge in [-0.05, 0) is 43.4 Å². The first kappa shape index (κ1) is 12.2. The van der Waals surface area contributed by atoms with E-state index < -0.39 is 15.5 Å². The molecule has 0 heterocycles. The van der Waals surface area contributed by atoms with Gasteiger partial charge in [-0.2, -0.15) is 13.2 Å². The van der Waals surface area contributed by atoms with Crippen molar-refractivity contribution in [2.24, 2.45) is 17.8 Å². The molecule has 2 saturated carbocycles. The Labute approximate surface area is 92.5 Å². The van der Waals surface area contributed by atoms with Gasteiger partial charge in [0.15, 0.2) is 0 Å². The highest BCUT2D eigenvalue weighted by Gasteiger charge is 2.47. The number of sulfonamides is 1. The van der Waals surface area contributed by atoms with E-state index in [1.54, 1.807) is 4.72 Å². The topological polar surface area (TPSA) is 46.2 Å². The molecule has 94 valence electrons. The number of hydrogen-bond acceptors (Lipinski definition) is 2. The fraction of sp³-hybridized carbons (Fsp3) is 1.00. The van der Waals surface area contributed by atoms with Crippen LogP contribution < -0.4 is 4.72 Å². The first-order valence-corrected chi connectivity index (χ1v) is 6.85. The van der Waals surface area contributed by atoms with Crippen LogP contribution in [0.25, 0.3) is 0 Å². The number of fused-ring (bicyclic) bond motifs is 2. The van der Waals surface area contributed by atoms with Crippen LogP contribution >= 0.6 is 0 Å². The van der Waals surface area contributed by atoms with Gasteiger partial charge in [0.25, 0.3) is 0 Å². The molecular weight excluding hydrogens is 243 g/mol. The molecule has 3 nitrogen and oxygen atoms in total. The van der Waals surface area contributed by atoms with Gasteiger partial charge in [0.2, 0.25) is 0 Å². The minimum Gasteiger partial charge on any atom is -0.207 e. The Kier molecular flexibility index (Phi) is 2.94. The third-order valence-electron chi connectivity index (χ3n) is 3.84. The van der Waals surface area contributed by atoms with Crippen molar-refractivity contribution in [3.05, 3.63) is 0 Å². The van der Waals surface area contributed by atoms with Crippen LogP contribution in [-0.2, 0) is 10.0 Å². The van der Waals surface area contributed by atoms with Gasteiger partial charge >= 0.3 is 15.5 Å². The molecule has 0 unspecified atom stereocenters. The number of alkyl halides is 3. The molecule has 0 atom stereocenters. The van der Waals surface area contributed by atoms with Crippen molar-refractivity contribution in [2.75, 3.05) is 6.54 Å². The lowest BCUT2D eigenvalue weighted by atomic mass is 9.99. The summed E-state index contributed by atoms with van der Waals surface area (Å²) in [5.41, 5.74) is -5.19. The maximum absolute atomic E-state index is 12.1. The molecule has 7 heteroatoms. The van der Waals surface area contributed by atoms with E-state index in [1.165, 1.54) is 0 Å². The van der Waals surface area contributed by atoms with E-state index in [9.17, 15) is 21.6 Å². The molecule has 0 aromatic rings. The summed E-state index contributed by atoms with van der Waals surface area (Å²) in [6.45, 7) is -0.0584. The lowest BCUT2D eigenvalue weighted by Crippen LogP contribution is -2.39. The van der Waals surface area contributed by atoms with E-state index in [1.807, 2.05) is 0 Å². The second kappa shape index (κ2) is 3.87. The molecule has 0 aromatic carbocycles. The van der Waals surface area contributed by atoms with Gasteiger partial charge < -0.3 is 0 Å². The van der Waals surface area contributed by atoms with Crippen LogP contribution in [0, 0.1) is 17.8 Å². The Morgan fingerprint density at radius 3 is 1.88 bits per heavy atom. The molecule has 2 aliphatic carbocycles. The van der Waals surface area contributed by atoms with Gasteiger partial charge in [0.05, 0.1) is 0 Å². The Balaban J connectivity index is 1.94. The number of halogens is 3. The van der Waals surface area contributed by atoms with Crippen LogP contribution in [0.2, 0.25) is 0 Å². The highest BCUT2D eigenvalue weighted by Crippen LogP contribution is 2.48. The summed E-state index contributed by atoms with van der Waals surface area (Å²) in [6, 6.07) is 0. The largest absolute Gasteiger partial charge is 0.511 e. The lowest BCUT2D eigenvalue weighted by Gasteiger charge is -2.17. The predicted octanol–water partition coefficient (Wildman–Crippen LogP) is 1.86. The van der Waals surface area contributed by atoms with Crippen LogP contribution in [-0.4, -0.2) is 20.5 Å². The standard InChI is InChI=1S/C9H14F3NO2S/c10-9(11,12)16(14,15)13-5-8-6-1-2-7(8)4-3-6/h6-8,13H,1-5H2. The van der Waals surface area contributed by atoms with Gasteiger partial charge in [-0.1, -0.05) is 0 Å². The molecular formula is C9H14F3NO2S. The molecule has 2 rings (SSSR count). The summed E-state index contributed by atoms with van der Waals surface area (Å²) in [7, 11) is -5.15. The van der Waals surface area contributed by atoms with E-state index in [4.69, 9.17) is 0 Å². The first-order valence-electron chi connectivity index (χ1n) is 5.37. The van der Waals surface area contributed by atoms with Crippen molar-refractivity contribution in [2.45, 2.75) is 31.2 Å². The van der Waals surface area contributed by atoms with Crippen LogP contribution in [0.5, 0.6) is 0 Å². The van der Waals surface area contributed by atoms with Crippen molar-refractivity contribution < 1.29 is 21.6 Å². The predicted molar refractivity (Wildman–Crippen MR) is 51.9 cm³/mol. The highest BCUT2D eigenvalue weighted by molar-refractivity contribution is 7.90. The van der Waals surface area contributed by atoms with E-state index in [0.29, 0.717) is 11.8 Å². The average molecular weight is 257 g/mol. The number of rotatable bonds is 3. The molecule has 16 heavy (non-hydrogen) atoms. The Morgan fingerprint density at radius 1 is 1.06 bits per heavy atom. The molecule has 2 bridgehead atoms. The van der Waals surface area contributed by atoms with Crippen LogP contribution in [0.3, 0.4) is 0 Å². The van der Waals surface area contributed by atoms with Crippen molar-refractivity contribution >= 4 is 10.0 Å². The normalized spacial score (nSPS) is 34.6. The second-order valence-corrected chi connectivity index (χ2v) is 6.39. The van der Waals surface area contributed by atoms with E-state index in [0.717, 1.165) is 25.7 Å². The summed E-state index contributed by atoms with van der Waals surface area (Å²) in [5, 5.41) is 0. The smallest absolute Gasteiger partial charge is 0.207 e. The van der Waals surface area contributed by atoms with Gasteiger partial charge in [0.1, 0.15) is 0 Å². The molecule has 0 aliphatic heterocycles. The van der Waals surface area contributed by atoms with Gasteiger partial charge in [-0.3, -0.25) is 0 Å². The zero-order chi connectivity index (χ0) is 12.0. The van der Waals surface area contributed by atoms with Gasteiger partial charge in [-0.15, -0.1) is 0 Å². The maximum Gasteiger partial charge on any atom is 0.511 e. The van der Waals surface area contributed by atoms with Crippen molar-refractivity contribution in [3.63, 3.8) is 0 Å². The Hall–Kier alpha value is -0.300. The minimum absolute atomic E-state index is 0.0584. The maximum atomic E-state index is 12.1. The monoisotopic (exact) mass is 257 g/mol. The third kappa shape index (κ3) is 2.07. The van der Waals surface area contributed by atoms with Crippen LogP contribution in [0.1, 0.15) is 25.7 Å². The molecule has 2 fully saturated rings. The third-order valence-corrected chi connectivity index (χ3v) is 5.00. The average Bonchev–Trinajstić information content (AvgIpc) is 2.71. The van der Waals surface area contributed by atoms with Gasteiger partial charge in [-0.25, -0.2) is 13.1 Å². The molecule has 0 saturated heterocycles. The summed E-state index contributed by atoms with van der Waals surface area (Å²) in [5.74, 6) is 0.944. The van der Waals surface area contributed by atoms with Crippen molar-refractivity contribution in [1.29, 1.82) is 0 Å². The number of nitrogens with one attached hydrogen (secondary N) is 1. The molecule has 2 aliphatic rings. The van der Waals surface area contributed by atoms with Crippen molar-refractivity contribution in [1.82, 2.24) is 4.72 Å². The first-order chi connectivity index (χ1) is 7.31. The molecule has 0 aromatic heterocycles. The van der Waals surface area contributed by atoms with E-state index >= 15 is 0 Å². The van der Waals surface area contributed by atoms with E-state index in [2.05, 4.69) is 0 Å². The summed E-state index contributed by atoms with van der Waals surface area (Å²) in [4.78, 5) is 0. The lowest BCUT2D eigenvalue weighted by molar-refractivity contribution is -0.0449. The molecule has 0 radical (unpaired) electrons. The summed E-state index contributed by atoms with van der Waals surface area (Å²) in [6.07, 6.45) is 4.12.